The van der Waals surface area contributed by atoms with Gasteiger partial charge in [0, 0.05) is 17.1 Å². The summed E-state index contributed by atoms with van der Waals surface area (Å²) >= 11 is 1.43. The summed E-state index contributed by atoms with van der Waals surface area (Å²) in [6.07, 6.45) is 11.6. The van der Waals surface area contributed by atoms with Gasteiger partial charge in [-0.3, -0.25) is 9.78 Å². The van der Waals surface area contributed by atoms with Gasteiger partial charge in [0.2, 0.25) is 0 Å². The second kappa shape index (κ2) is 10.9. The number of hydrogen-bond donors (Lipinski definition) is 0. The van der Waals surface area contributed by atoms with Crippen LogP contribution in [-0.2, 0) is 22.4 Å². The van der Waals surface area contributed by atoms with Crippen molar-refractivity contribution in [1.82, 2.24) is 4.98 Å². The lowest BCUT2D eigenvalue weighted by Crippen LogP contribution is -2.14. The molecule has 0 bridgehead atoms. The average molecular weight is 350 g/mol. The number of ether oxygens (including phenoxy) is 1. The maximum Gasteiger partial charge on any atom is 0.176 e. The van der Waals surface area contributed by atoms with Crippen LogP contribution in [0.15, 0.2) is 18.3 Å². The number of nitrogens with zero attached hydrogens (tertiary/aromatic N) is 1. The van der Waals surface area contributed by atoms with Crippen molar-refractivity contribution in [3.8, 4) is 0 Å². The minimum absolute atomic E-state index is 0.409. The molecule has 1 saturated carbocycles. The normalized spacial score (nSPS) is 22.8. The van der Waals surface area contributed by atoms with E-state index in [-0.39, 0.29) is 0 Å². The highest BCUT2D eigenvalue weighted by atomic mass is 32.2. The van der Waals surface area contributed by atoms with Crippen molar-refractivity contribution >= 4 is 17.4 Å². The van der Waals surface area contributed by atoms with E-state index in [1.807, 2.05) is 6.20 Å². The molecule has 3 nitrogen and oxygen atoms in total. The average Bonchev–Trinajstić information content (AvgIpc) is 2.81. The molecule has 1 heterocycles. The van der Waals surface area contributed by atoms with Crippen molar-refractivity contribution in [3.63, 3.8) is 0 Å². The van der Waals surface area contributed by atoms with E-state index >= 15 is 0 Å². The zero-order valence-corrected chi connectivity index (χ0v) is 15.9. The van der Waals surface area contributed by atoms with Crippen LogP contribution >= 0.6 is 11.8 Å². The molecule has 0 aromatic carbocycles. The number of pyridine rings is 1. The second-order valence-electron chi connectivity index (χ2n) is 6.91. The molecule has 1 fully saturated rings. The number of rotatable bonds is 9. The molecule has 0 spiro atoms. The van der Waals surface area contributed by atoms with E-state index in [2.05, 4.69) is 31.0 Å². The van der Waals surface area contributed by atoms with Gasteiger partial charge >= 0.3 is 0 Å². The van der Waals surface area contributed by atoms with Crippen LogP contribution in [0.1, 0.15) is 63.6 Å². The molecule has 1 aromatic heterocycles. The number of aryl methyl sites for hydroxylation is 1. The summed E-state index contributed by atoms with van der Waals surface area (Å²) in [5.41, 5.74) is 3.39. The predicted octanol–water partition coefficient (Wildman–Crippen LogP) is 4.85. The van der Waals surface area contributed by atoms with Gasteiger partial charge in [-0.25, -0.2) is 0 Å². The number of thioether (sulfide) groups is 1. The lowest BCUT2D eigenvalue weighted by atomic mass is 9.95. The molecule has 134 valence electrons. The van der Waals surface area contributed by atoms with Gasteiger partial charge in [0.25, 0.3) is 0 Å². The van der Waals surface area contributed by atoms with E-state index in [0.717, 1.165) is 49.5 Å². The zero-order chi connectivity index (χ0) is 17.2. The molecule has 1 aliphatic carbocycles. The van der Waals surface area contributed by atoms with Gasteiger partial charge < -0.3 is 4.74 Å². The minimum Gasteiger partial charge on any atom is -0.378 e. The van der Waals surface area contributed by atoms with E-state index in [9.17, 15) is 4.79 Å². The summed E-state index contributed by atoms with van der Waals surface area (Å²) in [7, 11) is 0. The molecule has 3 unspecified atom stereocenters. The monoisotopic (exact) mass is 349 g/mol. The molecule has 0 amide bonds. The lowest BCUT2D eigenvalue weighted by molar-refractivity contribution is 0.0444. The van der Waals surface area contributed by atoms with Crippen molar-refractivity contribution < 1.29 is 9.53 Å². The molecule has 4 heteroatoms. The molecule has 24 heavy (non-hydrogen) atoms. The topological polar surface area (TPSA) is 39.2 Å². The molecule has 0 aliphatic heterocycles. The van der Waals surface area contributed by atoms with Crippen LogP contribution in [0, 0.1) is 5.92 Å². The van der Waals surface area contributed by atoms with E-state index in [1.54, 1.807) is 0 Å². The summed E-state index contributed by atoms with van der Waals surface area (Å²) in [6.45, 7) is 5.08. The first-order valence-corrected chi connectivity index (χ1v) is 10.3. The molecule has 1 aliphatic rings. The van der Waals surface area contributed by atoms with Crippen LogP contribution in [-0.4, -0.2) is 28.6 Å². The molecule has 0 N–H and O–H groups in total. The Balaban J connectivity index is 1.67. The first kappa shape index (κ1) is 19.5. The fourth-order valence-electron chi connectivity index (χ4n) is 3.52. The van der Waals surface area contributed by atoms with Gasteiger partial charge in [0.1, 0.15) is 0 Å². The van der Waals surface area contributed by atoms with Crippen molar-refractivity contribution in [2.45, 2.75) is 76.6 Å². The van der Waals surface area contributed by atoms with Crippen molar-refractivity contribution in [2.24, 2.45) is 5.92 Å². The largest absolute Gasteiger partial charge is 0.378 e. The van der Waals surface area contributed by atoms with Gasteiger partial charge in [-0.15, -0.1) is 0 Å². The van der Waals surface area contributed by atoms with Gasteiger partial charge in [0.15, 0.2) is 5.62 Å². The van der Waals surface area contributed by atoms with Gasteiger partial charge in [-0.2, -0.15) is 0 Å². The standard InChI is InChI=1S/C20H31NO2S/c1-3-19-9-7-18(14-21-19)11-12-23-20-6-4-5-17(8-10-20)13-16(2)24-15-22/h7,9,14-17,20H,3-6,8,10-13H2,1-2H3. The summed E-state index contributed by atoms with van der Waals surface area (Å²) in [4.78, 5) is 15.0. The van der Waals surface area contributed by atoms with E-state index in [4.69, 9.17) is 4.74 Å². The Morgan fingerprint density at radius 3 is 2.92 bits per heavy atom. The fraction of sp³-hybridized carbons (Fsp3) is 0.700. The Hall–Kier alpha value is -0.870. The molecule has 0 saturated heterocycles. The van der Waals surface area contributed by atoms with E-state index in [1.165, 1.54) is 43.0 Å². The summed E-state index contributed by atoms with van der Waals surface area (Å²) in [6, 6.07) is 4.29. The Morgan fingerprint density at radius 2 is 2.21 bits per heavy atom. The highest BCUT2D eigenvalue weighted by molar-refractivity contribution is 8.12. The Kier molecular flexibility index (Phi) is 8.82. The third kappa shape index (κ3) is 6.94. The zero-order valence-electron chi connectivity index (χ0n) is 15.1. The quantitative estimate of drug-likeness (QED) is 0.472. The third-order valence-electron chi connectivity index (χ3n) is 4.98. The molecule has 1 aromatic rings. The highest BCUT2D eigenvalue weighted by Crippen LogP contribution is 2.30. The van der Waals surface area contributed by atoms with Crippen LogP contribution in [0.2, 0.25) is 0 Å². The first-order chi connectivity index (χ1) is 11.7. The van der Waals surface area contributed by atoms with Crippen LogP contribution in [0.4, 0.5) is 0 Å². The Bertz CT molecular complexity index is 477. The SMILES string of the molecule is CCc1ccc(CCOC2CCCC(CC(C)SC=O)CC2)cn1. The molecule has 0 radical (unpaired) electrons. The molecule has 2 rings (SSSR count). The third-order valence-corrected chi connectivity index (χ3v) is 5.75. The number of carbonyl (C=O) groups is 1. The highest BCUT2D eigenvalue weighted by Gasteiger charge is 2.21. The molecular weight excluding hydrogens is 318 g/mol. The Labute approximate surface area is 151 Å². The van der Waals surface area contributed by atoms with Crippen LogP contribution in [0.3, 0.4) is 0 Å². The predicted molar refractivity (Wildman–Crippen MR) is 102 cm³/mol. The smallest absolute Gasteiger partial charge is 0.176 e. The number of hydrogen-bond acceptors (Lipinski definition) is 4. The summed E-state index contributed by atoms with van der Waals surface area (Å²) < 4.78 is 6.14. The van der Waals surface area contributed by atoms with E-state index < -0.39 is 0 Å². The van der Waals surface area contributed by atoms with Crippen LogP contribution in [0.5, 0.6) is 0 Å². The maximum absolute atomic E-state index is 10.6. The lowest BCUT2D eigenvalue weighted by Gasteiger charge is -2.18. The van der Waals surface area contributed by atoms with Crippen molar-refractivity contribution in [1.29, 1.82) is 0 Å². The fourth-order valence-corrected chi connectivity index (χ4v) is 4.10. The minimum atomic E-state index is 0.409. The molecule has 3 atom stereocenters. The maximum atomic E-state index is 10.6. The van der Waals surface area contributed by atoms with Crippen LogP contribution < -0.4 is 0 Å². The van der Waals surface area contributed by atoms with Gasteiger partial charge in [-0.1, -0.05) is 44.5 Å². The number of aromatic nitrogens is 1. The molecular formula is C20H31NO2S. The van der Waals surface area contributed by atoms with Gasteiger partial charge in [-0.05, 0) is 56.1 Å². The van der Waals surface area contributed by atoms with Gasteiger partial charge in [0.05, 0.1) is 12.7 Å². The van der Waals surface area contributed by atoms with Crippen LogP contribution in [0.25, 0.3) is 0 Å². The summed E-state index contributed by atoms with van der Waals surface area (Å²) in [5.74, 6) is 0.756. The second-order valence-corrected chi connectivity index (χ2v) is 8.18. The van der Waals surface area contributed by atoms with Crippen molar-refractivity contribution in [2.75, 3.05) is 6.61 Å². The first-order valence-electron chi connectivity index (χ1n) is 9.35. The Morgan fingerprint density at radius 1 is 1.33 bits per heavy atom. The van der Waals surface area contributed by atoms with E-state index in [0.29, 0.717) is 11.4 Å². The van der Waals surface area contributed by atoms with Crippen molar-refractivity contribution in [3.05, 3.63) is 29.6 Å². The summed E-state index contributed by atoms with van der Waals surface area (Å²) in [5, 5.41) is 0.448. The number of carbonyl (C=O) groups excluding carboxylic acids is 1.